The van der Waals surface area contributed by atoms with Crippen molar-refractivity contribution < 1.29 is 9.59 Å². The van der Waals surface area contributed by atoms with E-state index in [2.05, 4.69) is 0 Å². The summed E-state index contributed by atoms with van der Waals surface area (Å²) in [6.45, 7) is 0. The first-order valence-electron chi connectivity index (χ1n) is 1.91. The van der Waals surface area contributed by atoms with Gasteiger partial charge in [0.05, 0.1) is 0 Å². The minimum Gasteiger partial charge on any atom is -0.269 e. The standard InChI is InChI=1S/C4HNO2/c6-3-1-2-4(7)5(2)3/h1H. The highest BCUT2D eigenvalue weighted by atomic mass is 16.2. The Balaban J connectivity index is 2.58. The Morgan fingerprint density at radius 2 is 2.14 bits per heavy atom. The normalized spacial score (nSPS) is 23.4. The molecule has 0 spiro atoms. The molecule has 0 atom stereocenters. The number of hydrogen-bond donors (Lipinski definition) is 0. The molecule has 2 heterocycles. The van der Waals surface area contributed by atoms with Crippen molar-refractivity contribution in [1.29, 1.82) is 0 Å². The SMILES string of the molecule is O=C1C=C2C(=O)N12. The van der Waals surface area contributed by atoms with Gasteiger partial charge in [-0.25, -0.2) is 4.90 Å². The first kappa shape index (κ1) is 2.96. The molecule has 1 fully saturated rings. The summed E-state index contributed by atoms with van der Waals surface area (Å²) >= 11 is 0. The molecule has 2 aliphatic rings. The Hall–Kier alpha value is -1.12. The number of hydrogen-bond acceptors (Lipinski definition) is 2. The molecule has 7 heavy (non-hydrogen) atoms. The zero-order chi connectivity index (χ0) is 5.02. The smallest absolute Gasteiger partial charge is 0.269 e. The molecule has 2 rings (SSSR count). The first-order valence-corrected chi connectivity index (χ1v) is 1.91. The summed E-state index contributed by atoms with van der Waals surface area (Å²) in [4.78, 5) is 21.4. The summed E-state index contributed by atoms with van der Waals surface area (Å²) in [5, 5.41) is 0. The lowest BCUT2D eigenvalue weighted by atomic mass is 10.4. The van der Waals surface area contributed by atoms with E-state index >= 15 is 0 Å². The lowest BCUT2D eigenvalue weighted by Crippen LogP contribution is -2.12. The van der Waals surface area contributed by atoms with Crippen molar-refractivity contribution in [2.75, 3.05) is 0 Å². The van der Waals surface area contributed by atoms with Crippen molar-refractivity contribution in [3.63, 3.8) is 0 Å². The number of rotatable bonds is 0. The van der Waals surface area contributed by atoms with Gasteiger partial charge in [0.2, 0.25) is 0 Å². The quantitative estimate of drug-likeness (QED) is 0.293. The molecule has 0 aromatic carbocycles. The highest BCUT2D eigenvalue weighted by Crippen LogP contribution is 2.33. The van der Waals surface area contributed by atoms with Crippen LogP contribution in [0.3, 0.4) is 0 Å². The lowest BCUT2D eigenvalue weighted by Gasteiger charge is -1.93. The number of imide groups is 1. The van der Waals surface area contributed by atoms with Gasteiger partial charge >= 0.3 is 0 Å². The Bertz CT molecular complexity index is 196. The summed E-state index contributed by atoms with van der Waals surface area (Å²) in [7, 11) is 0. The van der Waals surface area contributed by atoms with Crippen LogP contribution in [0, 0.1) is 0 Å². The van der Waals surface area contributed by atoms with Crippen molar-refractivity contribution in [1.82, 2.24) is 4.90 Å². The van der Waals surface area contributed by atoms with E-state index in [1.54, 1.807) is 0 Å². The maximum atomic E-state index is 10.1. The molecular weight excluding hydrogens is 94.0 g/mol. The zero-order valence-corrected chi connectivity index (χ0v) is 3.34. The van der Waals surface area contributed by atoms with E-state index in [4.69, 9.17) is 0 Å². The average molecular weight is 95.1 g/mol. The summed E-state index contributed by atoms with van der Waals surface area (Å²) < 4.78 is 0. The maximum absolute atomic E-state index is 10.1. The van der Waals surface area contributed by atoms with Crippen LogP contribution in [0.2, 0.25) is 0 Å². The molecule has 0 saturated carbocycles. The third-order valence-corrected chi connectivity index (χ3v) is 1.09. The van der Waals surface area contributed by atoms with Crippen LogP contribution in [0.4, 0.5) is 0 Å². The van der Waals surface area contributed by atoms with Gasteiger partial charge in [-0.15, -0.1) is 0 Å². The van der Waals surface area contributed by atoms with E-state index in [1.165, 1.54) is 6.08 Å². The number of amides is 2. The van der Waals surface area contributed by atoms with E-state index in [0.717, 1.165) is 4.90 Å². The number of nitrogens with zero attached hydrogens (tertiary/aromatic N) is 1. The number of carbonyl (C=O) groups excluding carboxylic acids is 2. The minimum absolute atomic E-state index is 0.120. The van der Waals surface area contributed by atoms with Crippen LogP contribution in [0.1, 0.15) is 0 Å². The Labute approximate surface area is 39.2 Å². The van der Waals surface area contributed by atoms with Gasteiger partial charge in [-0.2, -0.15) is 0 Å². The lowest BCUT2D eigenvalue weighted by molar-refractivity contribution is -0.126. The van der Waals surface area contributed by atoms with Gasteiger partial charge in [0.25, 0.3) is 11.8 Å². The zero-order valence-electron chi connectivity index (χ0n) is 3.34. The predicted molar refractivity (Wildman–Crippen MR) is 19.9 cm³/mol. The summed E-state index contributed by atoms with van der Waals surface area (Å²) in [5.41, 5.74) is 0.574. The van der Waals surface area contributed by atoms with Crippen LogP contribution in [0.5, 0.6) is 0 Å². The molecule has 0 N–H and O–H groups in total. The van der Waals surface area contributed by atoms with Crippen LogP contribution in [0.15, 0.2) is 11.8 Å². The van der Waals surface area contributed by atoms with Gasteiger partial charge in [0.15, 0.2) is 0 Å². The van der Waals surface area contributed by atoms with Crippen LogP contribution in [-0.2, 0) is 9.59 Å². The molecule has 34 valence electrons. The van der Waals surface area contributed by atoms with E-state index in [0.29, 0.717) is 5.70 Å². The monoisotopic (exact) mass is 95.0 g/mol. The van der Waals surface area contributed by atoms with E-state index in [1.807, 2.05) is 0 Å². The van der Waals surface area contributed by atoms with Gasteiger partial charge in [-0.05, 0) is 0 Å². The second kappa shape index (κ2) is 0.521. The van der Waals surface area contributed by atoms with Crippen molar-refractivity contribution >= 4 is 11.8 Å². The average Bonchev–Trinajstić information content (AvgIpc) is 2.07. The summed E-state index contributed by atoms with van der Waals surface area (Å²) in [5.74, 6) is -0.287. The fourth-order valence-corrected chi connectivity index (χ4v) is 0.622. The second-order valence-electron chi connectivity index (χ2n) is 1.51. The van der Waals surface area contributed by atoms with Gasteiger partial charge < -0.3 is 0 Å². The molecule has 3 nitrogen and oxygen atoms in total. The van der Waals surface area contributed by atoms with Crippen molar-refractivity contribution in [2.45, 2.75) is 0 Å². The third kappa shape index (κ3) is 0.142. The van der Waals surface area contributed by atoms with E-state index in [9.17, 15) is 9.59 Å². The van der Waals surface area contributed by atoms with Gasteiger partial charge in [-0.3, -0.25) is 9.59 Å². The van der Waals surface area contributed by atoms with Gasteiger partial charge in [-0.1, -0.05) is 0 Å². The van der Waals surface area contributed by atoms with Gasteiger partial charge in [0, 0.05) is 6.08 Å². The molecule has 0 aromatic heterocycles. The van der Waals surface area contributed by atoms with E-state index in [-0.39, 0.29) is 11.8 Å². The molecule has 3 heteroatoms. The Morgan fingerprint density at radius 3 is 2.14 bits per heavy atom. The summed E-state index contributed by atoms with van der Waals surface area (Å²) in [6, 6.07) is 0. The maximum Gasteiger partial charge on any atom is 0.282 e. The molecule has 1 saturated heterocycles. The third-order valence-electron chi connectivity index (χ3n) is 1.09. The minimum atomic E-state index is -0.167. The first-order chi connectivity index (χ1) is 3.30. The molecule has 0 unspecified atom stereocenters. The van der Waals surface area contributed by atoms with Crippen LogP contribution in [0.25, 0.3) is 0 Å². The Morgan fingerprint density at radius 1 is 1.43 bits per heavy atom. The van der Waals surface area contributed by atoms with Gasteiger partial charge in [0.1, 0.15) is 5.70 Å². The van der Waals surface area contributed by atoms with E-state index < -0.39 is 0 Å². The topological polar surface area (TPSA) is 37.1 Å². The highest BCUT2D eigenvalue weighted by Gasteiger charge is 2.52. The molecule has 0 aliphatic carbocycles. The molecule has 0 bridgehead atoms. The second-order valence-corrected chi connectivity index (χ2v) is 1.51. The molecule has 0 aromatic rings. The predicted octanol–water partition coefficient (Wildman–Crippen LogP) is -0.747. The molecule has 2 amide bonds. The molecule has 2 aliphatic heterocycles. The number of carbonyl (C=O) groups is 2. The van der Waals surface area contributed by atoms with Crippen LogP contribution < -0.4 is 0 Å². The molecular formula is C4HNO2. The fraction of sp³-hybridized carbons (Fsp3) is 0. The number of fused-ring (bicyclic) bond motifs is 1. The largest absolute Gasteiger partial charge is 0.282 e. The summed E-state index contributed by atoms with van der Waals surface area (Å²) in [6.07, 6.45) is 1.34. The Kier molecular flexibility index (Phi) is 0.220. The van der Waals surface area contributed by atoms with Crippen molar-refractivity contribution in [2.24, 2.45) is 0 Å². The van der Waals surface area contributed by atoms with Crippen molar-refractivity contribution in [3.05, 3.63) is 11.8 Å². The highest BCUT2D eigenvalue weighted by molar-refractivity contribution is 6.32. The van der Waals surface area contributed by atoms with Crippen molar-refractivity contribution in [3.8, 4) is 0 Å². The van der Waals surface area contributed by atoms with Crippen LogP contribution >= 0.6 is 0 Å². The molecule has 0 radical (unpaired) electrons. The van der Waals surface area contributed by atoms with Crippen LogP contribution in [-0.4, -0.2) is 16.7 Å². The fourth-order valence-electron chi connectivity index (χ4n) is 0.622.